The van der Waals surface area contributed by atoms with Crippen molar-refractivity contribution < 1.29 is 18.9 Å². The standard InChI is InChI=1S/C21H13Cl2N3O5/c1-30-19-6-2-11(8-17(19)26(28)29)20(27)24-13-4-5-15(23)14(10-13)21-25-16-9-12(22)3-7-18(16)31-21/h2-10H,1H3,(H,24,27). The normalized spacial score (nSPS) is 10.8. The molecule has 0 aliphatic rings. The van der Waals surface area contributed by atoms with Gasteiger partial charge in [0.2, 0.25) is 5.89 Å². The number of nitrogens with zero attached hydrogens (tertiary/aromatic N) is 2. The van der Waals surface area contributed by atoms with E-state index in [1.807, 2.05) is 0 Å². The number of anilines is 1. The van der Waals surface area contributed by atoms with Crippen LogP contribution in [0.3, 0.4) is 0 Å². The number of nitro groups is 1. The molecule has 4 aromatic rings. The van der Waals surface area contributed by atoms with Crippen LogP contribution in [0.4, 0.5) is 11.4 Å². The Hall–Kier alpha value is -3.62. The lowest BCUT2D eigenvalue weighted by atomic mass is 10.1. The lowest BCUT2D eigenvalue weighted by Gasteiger charge is -2.08. The maximum Gasteiger partial charge on any atom is 0.311 e. The first-order valence-corrected chi connectivity index (χ1v) is 9.61. The molecule has 4 rings (SSSR count). The Labute approximate surface area is 185 Å². The van der Waals surface area contributed by atoms with Gasteiger partial charge in [0.15, 0.2) is 11.3 Å². The molecule has 1 N–H and O–H groups in total. The molecule has 0 aliphatic heterocycles. The molecule has 0 saturated carbocycles. The first kappa shape index (κ1) is 20.6. The number of carbonyl (C=O) groups is 1. The second-order valence-electron chi connectivity index (χ2n) is 6.42. The quantitative estimate of drug-likeness (QED) is 0.292. The molecular weight excluding hydrogens is 445 g/mol. The van der Waals surface area contributed by atoms with Crippen LogP contribution in [-0.2, 0) is 0 Å². The van der Waals surface area contributed by atoms with Gasteiger partial charge in [0, 0.05) is 22.3 Å². The van der Waals surface area contributed by atoms with Gasteiger partial charge in [-0.3, -0.25) is 14.9 Å². The van der Waals surface area contributed by atoms with Crippen molar-refractivity contribution in [3.8, 4) is 17.2 Å². The predicted molar refractivity (Wildman–Crippen MR) is 117 cm³/mol. The molecule has 0 aliphatic carbocycles. The van der Waals surface area contributed by atoms with Gasteiger partial charge in [-0.25, -0.2) is 4.98 Å². The molecule has 1 heterocycles. The van der Waals surface area contributed by atoms with Crippen molar-refractivity contribution in [2.24, 2.45) is 0 Å². The van der Waals surface area contributed by atoms with Crippen molar-refractivity contribution in [1.29, 1.82) is 0 Å². The Bertz CT molecular complexity index is 1340. The summed E-state index contributed by atoms with van der Waals surface area (Å²) < 4.78 is 10.7. The van der Waals surface area contributed by atoms with Crippen LogP contribution in [0.15, 0.2) is 59.0 Å². The van der Waals surface area contributed by atoms with E-state index in [-0.39, 0.29) is 22.9 Å². The van der Waals surface area contributed by atoms with Crippen LogP contribution in [-0.4, -0.2) is 22.9 Å². The van der Waals surface area contributed by atoms with E-state index in [0.717, 1.165) is 6.07 Å². The van der Waals surface area contributed by atoms with Gasteiger partial charge in [0.25, 0.3) is 5.91 Å². The van der Waals surface area contributed by atoms with E-state index in [1.165, 1.54) is 19.2 Å². The molecule has 0 bridgehead atoms. The molecule has 0 radical (unpaired) electrons. The molecule has 0 unspecified atom stereocenters. The third kappa shape index (κ3) is 4.16. The monoisotopic (exact) mass is 457 g/mol. The number of oxazole rings is 1. The fraction of sp³-hybridized carbons (Fsp3) is 0.0476. The topological polar surface area (TPSA) is 108 Å². The lowest BCUT2D eigenvalue weighted by molar-refractivity contribution is -0.385. The molecule has 0 saturated heterocycles. The van der Waals surface area contributed by atoms with Crippen LogP contribution < -0.4 is 10.1 Å². The second-order valence-corrected chi connectivity index (χ2v) is 7.27. The maximum absolute atomic E-state index is 12.6. The number of carbonyl (C=O) groups excluding carboxylic acids is 1. The molecule has 1 aromatic heterocycles. The van der Waals surface area contributed by atoms with Crippen molar-refractivity contribution in [2.75, 3.05) is 12.4 Å². The number of nitro benzene ring substituents is 1. The van der Waals surface area contributed by atoms with E-state index in [1.54, 1.807) is 36.4 Å². The zero-order chi connectivity index (χ0) is 22.1. The summed E-state index contributed by atoms with van der Waals surface area (Å²) in [6.07, 6.45) is 0. The number of amides is 1. The van der Waals surface area contributed by atoms with Gasteiger partial charge in [0.1, 0.15) is 5.52 Å². The van der Waals surface area contributed by atoms with E-state index in [9.17, 15) is 14.9 Å². The second kappa shape index (κ2) is 8.25. The van der Waals surface area contributed by atoms with Gasteiger partial charge in [-0.2, -0.15) is 0 Å². The SMILES string of the molecule is COc1ccc(C(=O)Nc2ccc(Cl)c(-c3nc4cc(Cl)ccc4o3)c2)cc1[N+](=O)[O-]. The minimum absolute atomic E-state index is 0.0615. The maximum atomic E-state index is 12.6. The van der Waals surface area contributed by atoms with Gasteiger partial charge in [-0.15, -0.1) is 0 Å². The number of halogens is 2. The number of nitrogens with one attached hydrogen (secondary N) is 1. The molecule has 0 spiro atoms. The summed E-state index contributed by atoms with van der Waals surface area (Å²) in [4.78, 5) is 27.6. The Kier molecular flexibility index (Phi) is 5.50. The summed E-state index contributed by atoms with van der Waals surface area (Å²) in [6.45, 7) is 0. The highest BCUT2D eigenvalue weighted by Crippen LogP contribution is 2.33. The lowest BCUT2D eigenvalue weighted by Crippen LogP contribution is -2.12. The molecule has 10 heteroatoms. The molecule has 0 atom stereocenters. The number of fused-ring (bicyclic) bond motifs is 1. The first-order chi connectivity index (χ1) is 14.9. The number of benzene rings is 3. The first-order valence-electron chi connectivity index (χ1n) is 8.85. The van der Waals surface area contributed by atoms with Crippen molar-refractivity contribution >= 4 is 51.6 Å². The van der Waals surface area contributed by atoms with Gasteiger partial charge in [0.05, 0.1) is 22.6 Å². The van der Waals surface area contributed by atoms with Crippen LogP contribution in [0, 0.1) is 10.1 Å². The molecule has 31 heavy (non-hydrogen) atoms. The van der Waals surface area contributed by atoms with Crippen molar-refractivity contribution in [2.45, 2.75) is 0 Å². The summed E-state index contributed by atoms with van der Waals surface area (Å²) >= 11 is 12.3. The number of ether oxygens (including phenoxy) is 1. The van der Waals surface area contributed by atoms with E-state index < -0.39 is 10.8 Å². The summed E-state index contributed by atoms with van der Waals surface area (Å²) in [5.74, 6) is -0.215. The minimum atomic E-state index is -0.616. The third-order valence-corrected chi connectivity index (χ3v) is 5.01. The average molecular weight is 458 g/mol. The minimum Gasteiger partial charge on any atom is -0.490 e. The average Bonchev–Trinajstić information content (AvgIpc) is 3.17. The summed E-state index contributed by atoms with van der Waals surface area (Å²) in [6, 6.07) is 13.8. The number of rotatable bonds is 5. The van der Waals surface area contributed by atoms with Gasteiger partial charge in [-0.1, -0.05) is 23.2 Å². The molecule has 3 aromatic carbocycles. The van der Waals surface area contributed by atoms with Crippen LogP contribution >= 0.6 is 23.2 Å². The van der Waals surface area contributed by atoms with Crippen LogP contribution in [0.2, 0.25) is 10.0 Å². The molecular formula is C21H13Cl2N3O5. The van der Waals surface area contributed by atoms with E-state index >= 15 is 0 Å². The zero-order valence-corrected chi connectivity index (χ0v) is 17.4. The Balaban J connectivity index is 1.64. The van der Waals surface area contributed by atoms with Crippen LogP contribution in [0.1, 0.15) is 10.4 Å². The Morgan fingerprint density at radius 1 is 1.13 bits per heavy atom. The van der Waals surface area contributed by atoms with Crippen LogP contribution in [0.25, 0.3) is 22.6 Å². The summed E-state index contributed by atoms with van der Waals surface area (Å²) in [5.41, 5.74) is 1.77. The number of hydrogen-bond donors (Lipinski definition) is 1. The van der Waals surface area contributed by atoms with Gasteiger partial charge < -0.3 is 14.5 Å². The predicted octanol–water partition coefficient (Wildman–Crippen LogP) is 5.97. The largest absolute Gasteiger partial charge is 0.490 e. The smallest absolute Gasteiger partial charge is 0.311 e. The van der Waals surface area contributed by atoms with Crippen LogP contribution in [0.5, 0.6) is 5.75 Å². The molecule has 156 valence electrons. The zero-order valence-electron chi connectivity index (χ0n) is 15.9. The number of aromatic nitrogens is 1. The Morgan fingerprint density at radius 2 is 1.94 bits per heavy atom. The highest BCUT2D eigenvalue weighted by atomic mass is 35.5. The molecule has 1 amide bonds. The van der Waals surface area contributed by atoms with Gasteiger partial charge in [-0.05, 0) is 48.5 Å². The van der Waals surface area contributed by atoms with Crippen molar-refractivity contribution in [3.63, 3.8) is 0 Å². The van der Waals surface area contributed by atoms with Gasteiger partial charge >= 0.3 is 5.69 Å². The number of methoxy groups -OCH3 is 1. The van der Waals surface area contributed by atoms with Crippen molar-refractivity contribution in [3.05, 3.63) is 80.3 Å². The summed E-state index contributed by atoms with van der Waals surface area (Å²) in [7, 11) is 1.32. The van der Waals surface area contributed by atoms with Crippen molar-refractivity contribution in [1.82, 2.24) is 4.98 Å². The fourth-order valence-electron chi connectivity index (χ4n) is 2.96. The van der Waals surface area contributed by atoms with E-state index in [0.29, 0.717) is 32.4 Å². The third-order valence-electron chi connectivity index (χ3n) is 4.44. The molecule has 8 nitrogen and oxygen atoms in total. The Morgan fingerprint density at radius 3 is 2.68 bits per heavy atom. The summed E-state index contributed by atoms with van der Waals surface area (Å²) in [5, 5.41) is 14.8. The van der Waals surface area contributed by atoms with E-state index in [2.05, 4.69) is 10.3 Å². The number of hydrogen-bond acceptors (Lipinski definition) is 6. The fourth-order valence-corrected chi connectivity index (χ4v) is 3.32. The molecule has 0 fully saturated rings. The highest BCUT2D eigenvalue weighted by Gasteiger charge is 2.19. The highest BCUT2D eigenvalue weighted by molar-refractivity contribution is 6.33. The van der Waals surface area contributed by atoms with E-state index in [4.69, 9.17) is 32.4 Å².